The molecule has 14 heteroatoms. The number of esters is 1. The van der Waals surface area contributed by atoms with Gasteiger partial charge in [-0.25, -0.2) is 4.57 Å². The summed E-state index contributed by atoms with van der Waals surface area (Å²) in [6.45, 7) is 5.66. The SMILES string of the molecule is CC(C)OC(=O)[C@H](C)N[P@](=O)(OCC1=C(O)CC(C)(O)[C@H](n2ccc(=O)[nH]c2=S)O1)Oc1ccccc1. The second-order valence-corrected chi connectivity index (χ2v) is 11.0. The number of carbonyl (C=O) groups excluding carboxylic acids is 1. The van der Waals surface area contributed by atoms with Gasteiger partial charge in [0.1, 0.15) is 29.8 Å². The number of nitrogens with zero attached hydrogens (tertiary/aromatic N) is 1. The molecule has 4 atom stereocenters. The number of hydrogen-bond acceptors (Lipinski definition) is 10. The highest BCUT2D eigenvalue weighted by atomic mass is 32.1. The number of H-pyrrole nitrogens is 1. The van der Waals surface area contributed by atoms with E-state index in [1.807, 2.05) is 0 Å². The lowest BCUT2D eigenvalue weighted by Crippen LogP contribution is -2.43. The molecule has 1 aromatic carbocycles. The third-order valence-electron chi connectivity index (χ3n) is 5.13. The summed E-state index contributed by atoms with van der Waals surface area (Å²) in [5, 5.41) is 24.0. The lowest BCUT2D eigenvalue weighted by atomic mass is 9.95. The van der Waals surface area contributed by atoms with Crippen LogP contribution in [-0.2, 0) is 23.4 Å². The molecular weight excluding hydrogens is 525 g/mol. The number of nitrogens with one attached hydrogen (secondary N) is 2. The van der Waals surface area contributed by atoms with Crippen molar-refractivity contribution in [2.45, 2.75) is 58.1 Å². The Hall–Kier alpha value is -2.96. The smallest absolute Gasteiger partial charge is 0.459 e. The summed E-state index contributed by atoms with van der Waals surface area (Å²) in [6, 6.07) is 8.29. The molecule has 0 aliphatic carbocycles. The van der Waals surface area contributed by atoms with Crippen molar-refractivity contribution < 1.29 is 38.1 Å². The van der Waals surface area contributed by atoms with E-state index in [9.17, 15) is 24.4 Å². The van der Waals surface area contributed by atoms with Gasteiger partial charge < -0.3 is 24.2 Å². The molecule has 0 fully saturated rings. The maximum absolute atomic E-state index is 13.7. The molecule has 1 aromatic heterocycles. The molecule has 0 bridgehead atoms. The van der Waals surface area contributed by atoms with E-state index in [-0.39, 0.29) is 28.5 Å². The first-order valence-corrected chi connectivity index (χ1v) is 13.3. The highest BCUT2D eigenvalue weighted by molar-refractivity contribution is 7.71. The van der Waals surface area contributed by atoms with Crippen molar-refractivity contribution in [3.8, 4) is 5.75 Å². The molecule has 1 aliphatic rings. The zero-order chi connectivity index (χ0) is 27.4. The van der Waals surface area contributed by atoms with Crippen LogP contribution in [0.15, 0.2) is 58.9 Å². The van der Waals surface area contributed by atoms with Crippen molar-refractivity contribution >= 4 is 25.9 Å². The van der Waals surface area contributed by atoms with E-state index < -0.39 is 49.9 Å². The Morgan fingerprint density at radius 2 is 2.00 bits per heavy atom. The van der Waals surface area contributed by atoms with Crippen LogP contribution in [0.1, 0.15) is 40.3 Å². The van der Waals surface area contributed by atoms with Crippen LogP contribution in [0.2, 0.25) is 0 Å². The largest absolute Gasteiger partial charge is 0.509 e. The second-order valence-electron chi connectivity index (χ2n) is 8.90. The molecule has 37 heavy (non-hydrogen) atoms. The van der Waals surface area contributed by atoms with Crippen LogP contribution in [0.3, 0.4) is 0 Å². The average molecular weight is 556 g/mol. The maximum Gasteiger partial charge on any atom is 0.459 e. The average Bonchev–Trinajstić information content (AvgIpc) is 2.79. The van der Waals surface area contributed by atoms with Gasteiger partial charge in [-0.1, -0.05) is 18.2 Å². The molecule has 1 unspecified atom stereocenters. The van der Waals surface area contributed by atoms with Gasteiger partial charge in [-0.15, -0.1) is 0 Å². The van der Waals surface area contributed by atoms with Crippen LogP contribution in [-0.4, -0.2) is 50.1 Å². The van der Waals surface area contributed by atoms with Crippen molar-refractivity contribution in [3.63, 3.8) is 0 Å². The molecule has 3 rings (SSSR count). The van der Waals surface area contributed by atoms with E-state index in [0.29, 0.717) is 0 Å². The summed E-state index contributed by atoms with van der Waals surface area (Å²) >= 11 is 5.18. The standard InChI is InChI=1S/C23H30N3O9PS/c1-14(2)33-20(29)15(3)25-36(31,35-16-8-6-5-7-9-16)32-13-18-17(27)12-23(4,30)21(34-18)26-11-10-19(28)24-22(26)37/h5-11,14-15,21,27,30H,12-13H2,1-4H3,(H,25,31)(H,24,28,37)/t15-,21+,23?,36-/m0/s1. The molecule has 0 saturated carbocycles. The Balaban J connectivity index is 1.84. The third-order valence-corrected chi connectivity index (χ3v) is 7.07. The molecule has 1 aliphatic heterocycles. The van der Waals surface area contributed by atoms with Crippen LogP contribution in [0, 0.1) is 4.77 Å². The summed E-state index contributed by atoms with van der Waals surface area (Å²) in [4.78, 5) is 26.3. The van der Waals surface area contributed by atoms with Crippen molar-refractivity contribution in [3.05, 3.63) is 69.2 Å². The lowest BCUT2D eigenvalue weighted by Gasteiger charge is -2.38. The fraction of sp³-hybridized carbons (Fsp3) is 0.435. The van der Waals surface area contributed by atoms with Gasteiger partial charge in [-0.2, -0.15) is 5.09 Å². The fourth-order valence-corrected chi connectivity index (χ4v) is 5.12. The number of aromatic nitrogens is 2. The Morgan fingerprint density at radius 1 is 1.32 bits per heavy atom. The van der Waals surface area contributed by atoms with Gasteiger partial charge in [0.25, 0.3) is 5.56 Å². The molecule has 4 N–H and O–H groups in total. The summed E-state index contributed by atoms with van der Waals surface area (Å²) in [7, 11) is -4.24. The van der Waals surface area contributed by atoms with Gasteiger partial charge in [-0.05, 0) is 52.0 Å². The van der Waals surface area contributed by atoms with Gasteiger partial charge >= 0.3 is 13.7 Å². The van der Waals surface area contributed by atoms with E-state index in [4.69, 9.17) is 30.7 Å². The predicted octanol–water partition coefficient (Wildman–Crippen LogP) is 3.48. The van der Waals surface area contributed by atoms with Crippen LogP contribution in [0.25, 0.3) is 0 Å². The van der Waals surface area contributed by atoms with Gasteiger partial charge in [0.15, 0.2) is 10.5 Å². The zero-order valence-corrected chi connectivity index (χ0v) is 22.5. The minimum atomic E-state index is -4.24. The minimum Gasteiger partial charge on any atom is -0.509 e. The van der Waals surface area contributed by atoms with Crippen molar-refractivity contribution in [2.24, 2.45) is 0 Å². The number of benzene rings is 1. The molecule has 0 spiro atoms. The van der Waals surface area contributed by atoms with Crippen molar-refractivity contribution in [1.82, 2.24) is 14.6 Å². The zero-order valence-electron chi connectivity index (χ0n) is 20.7. The summed E-state index contributed by atoms with van der Waals surface area (Å²) < 4.78 is 37.1. The number of aliphatic hydroxyl groups is 2. The molecular formula is C23H30N3O9PS. The lowest BCUT2D eigenvalue weighted by molar-refractivity contribution is -0.149. The number of ether oxygens (including phenoxy) is 2. The minimum absolute atomic E-state index is 0.0170. The first-order chi connectivity index (χ1) is 17.3. The van der Waals surface area contributed by atoms with E-state index in [1.54, 1.807) is 44.2 Å². The number of aromatic amines is 1. The number of carbonyl (C=O) groups is 1. The molecule has 2 heterocycles. The Bertz CT molecular complexity index is 1310. The van der Waals surface area contributed by atoms with Gasteiger partial charge in [0.2, 0.25) is 6.23 Å². The molecule has 0 amide bonds. The monoisotopic (exact) mass is 555 g/mol. The van der Waals surface area contributed by atoms with E-state index >= 15 is 0 Å². The first kappa shape index (κ1) is 28.6. The molecule has 12 nitrogen and oxygen atoms in total. The summed E-state index contributed by atoms with van der Waals surface area (Å²) in [5.74, 6) is -0.975. The molecule has 202 valence electrons. The highest BCUT2D eigenvalue weighted by Crippen LogP contribution is 2.46. The molecule has 0 radical (unpaired) electrons. The number of rotatable bonds is 10. The van der Waals surface area contributed by atoms with Crippen LogP contribution in [0.5, 0.6) is 5.75 Å². The second kappa shape index (κ2) is 11.6. The predicted molar refractivity (Wildman–Crippen MR) is 135 cm³/mol. The first-order valence-electron chi connectivity index (χ1n) is 11.4. The fourth-order valence-electron chi connectivity index (χ4n) is 3.42. The summed E-state index contributed by atoms with van der Waals surface area (Å²) in [6.07, 6.45) is -0.470. The number of hydrogen-bond donors (Lipinski definition) is 4. The van der Waals surface area contributed by atoms with Crippen molar-refractivity contribution in [2.75, 3.05) is 6.61 Å². The van der Waals surface area contributed by atoms with Crippen LogP contribution < -0.4 is 15.2 Å². The Labute approximate surface area is 218 Å². The quantitative estimate of drug-likeness (QED) is 0.193. The normalized spacial score (nSPS) is 22.2. The van der Waals surface area contributed by atoms with E-state index in [1.165, 1.54) is 30.7 Å². The highest BCUT2D eigenvalue weighted by Gasteiger charge is 2.43. The summed E-state index contributed by atoms with van der Waals surface area (Å²) in [5.41, 5.74) is -2.06. The van der Waals surface area contributed by atoms with Gasteiger partial charge in [0.05, 0.1) is 6.10 Å². The van der Waals surface area contributed by atoms with Gasteiger partial charge in [0, 0.05) is 18.7 Å². The van der Waals surface area contributed by atoms with Gasteiger partial charge in [-0.3, -0.25) is 23.7 Å². The van der Waals surface area contributed by atoms with Crippen LogP contribution in [0.4, 0.5) is 0 Å². The topological polar surface area (TPSA) is 161 Å². The molecule has 0 saturated heterocycles. The Kier molecular flexibility index (Phi) is 8.98. The number of aliphatic hydroxyl groups excluding tert-OH is 1. The Morgan fingerprint density at radius 3 is 2.62 bits per heavy atom. The van der Waals surface area contributed by atoms with Crippen LogP contribution >= 0.6 is 20.0 Å². The third kappa shape index (κ3) is 7.53. The molecule has 2 aromatic rings. The van der Waals surface area contributed by atoms with E-state index in [0.717, 1.165) is 0 Å². The van der Waals surface area contributed by atoms with Crippen molar-refractivity contribution in [1.29, 1.82) is 0 Å². The van der Waals surface area contributed by atoms with E-state index in [2.05, 4.69) is 10.1 Å². The maximum atomic E-state index is 13.7. The number of para-hydroxylation sites is 1.